The number of para-hydroxylation sites is 1. The lowest BCUT2D eigenvalue weighted by Gasteiger charge is -2.22. The molecule has 7 nitrogen and oxygen atoms in total. The number of amides is 1. The summed E-state index contributed by atoms with van der Waals surface area (Å²) < 4.78 is 30.5. The van der Waals surface area contributed by atoms with Gasteiger partial charge in [0.2, 0.25) is 0 Å². The van der Waals surface area contributed by atoms with E-state index in [9.17, 15) is 13.2 Å². The van der Waals surface area contributed by atoms with Crippen LogP contribution in [0.3, 0.4) is 0 Å². The van der Waals surface area contributed by atoms with Gasteiger partial charge >= 0.3 is 0 Å². The second-order valence-electron chi connectivity index (χ2n) is 8.10. The molecule has 0 unspecified atom stereocenters. The fraction of sp³-hybridized carbons (Fsp3) is 0.200. The van der Waals surface area contributed by atoms with Gasteiger partial charge in [0.15, 0.2) is 15.0 Å². The number of rotatable bonds is 8. The Morgan fingerprint density at radius 1 is 0.943 bits per heavy atom. The van der Waals surface area contributed by atoms with Gasteiger partial charge in [-0.05, 0) is 62.6 Å². The molecule has 1 aromatic heterocycles. The van der Waals surface area contributed by atoms with Gasteiger partial charge < -0.3 is 9.64 Å². The first-order valence-corrected chi connectivity index (χ1v) is 13.3. The zero-order chi connectivity index (χ0) is 24.3. The van der Waals surface area contributed by atoms with Crippen molar-refractivity contribution in [3.05, 3.63) is 78.4 Å². The van der Waals surface area contributed by atoms with Crippen LogP contribution in [-0.2, 0) is 9.84 Å². The van der Waals surface area contributed by atoms with Gasteiger partial charge in [-0.2, -0.15) is 0 Å². The molecule has 0 N–H and O–H groups in total. The van der Waals surface area contributed by atoms with Crippen molar-refractivity contribution in [1.82, 2.24) is 9.88 Å². The first-order chi connectivity index (χ1) is 16.2. The third kappa shape index (κ3) is 6.58. The monoisotopic (exact) mass is 531 g/mol. The van der Waals surface area contributed by atoms with Crippen LogP contribution in [0.2, 0.25) is 0 Å². The average molecular weight is 532 g/mol. The molecule has 0 aliphatic rings. The quantitative estimate of drug-likeness (QED) is 0.314. The number of hydrogen-bond acceptors (Lipinski definition) is 7. The highest BCUT2D eigenvalue weighted by Crippen LogP contribution is 2.32. The average Bonchev–Trinajstić information content (AvgIpc) is 3.22. The number of sulfone groups is 1. The molecule has 0 aliphatic carbocycles. The van der Waals surface area contributed by atoms with Gasteiger partial charge in [0.05, 0.1) is 15.1 Å². The Morgan fingerprint density at radius 3 is 2.34 bits per heavy atom. The molecular formula is C25H26ClN3O4S2. The summed E-state index contributed by atoms with van der Waals surface area (Å²) in [6, 6.07) is 21.3. The van der Waals surface area contributed by atoms with Gasteiger partial charge in [0, 0.05) is 24.9 Å². The molecular weight excluding hydrogens is 506 g/mol. The smallest absolute Gasteiger partial charge is 0.260 e. The first-order valence-electron chi connectivity index (χ1n) is 10.6. The number of aromatic nitrogens is 1. The lowest BCUT2D eigenvalue weighted by Crippen LogP contribution is -2.36. The molecule has 35 heavy (non-hydrogen) atoms. The van der Waals surface area contributed by atoms with E-state index in [0.29, 0.717) is 45.5 Å². The van der Waals surface area contributed by atoms with Gasteiger partial charge in [-0.15, -0.1) is 12.4 Å². The Kier molecular flexibility index (Phi) is 8.50. The van der Waals surface area contributed by atoms with E-state index in [2.05, 4.69) is 4.98 Å². The highest BCUT2D eigenvalue weighted by atomic mass is 35.5. The first kappa shape index (κ1) is 26.6. The van der Waals surface area contributed by atoms with E-state index in [0.717, 1.165) is 0 Å². The van der Waals surface area contributed by atoms with Crippen LogP contribution in [0.4, 0.5) is 5.13 Å². The van der Waals surface area contributed by atoms with E-state index in [1.54, 1.807) is 41.3 Å². The van der Waals surface area contributed by atoms with Crippen molar-refractivity contribution in [3.8, 4) is 11.5 Å². The van der Waals surface area contributed by atoms with Gasteiger partial charge in [0.1, 0.15) is 11.5 Å². The highest BCUT2D eigenvalue weighted by molar-refractivity contribution is 7.90. The third-order valence-corrected chi connectivity index (χ3v) is 7.23. The van der Waals surface area contributed by atoms with Gasteiger partial charge in [0.25, 0.3) is 5.91 Å². The summed E-state index contributed by atoms with van der Waals surface area (Å²) in [5, 5.41) is 0.516. The van der Waals surface area contributed by atoms with Crippen molar-refractivity contribution in [2.75, 3.05) is 38.3 Å². The minimum atomic E-state index is -3.34. The van der Waals surface area contributed by atoms with Crippen LogP contribution in [0.1, 0.15) is 10.4 Å². The van der Waals surface area contributed by atoms with E-state index < -0.39 is 9.84 Å². The third-order valence-electron chi connectivity index (χ3n) is 5.08. The number of thiazole rings is 1. The summed E-state index contributed by atoms with van der Waals surface area (Å²) in [5.74, 6) is 1.04. The molecule has 1 heterocycles. The summed E-state index contributed by atoms with van der Waals surface area (Å²) in [7, 11) is 0.538. The molecule has 184 valence electrons. The van der Waals surface area contributed by atoms with Crippen LogP contribution in [-0.4, -0.2) is 57.6 Å². The maximum atomic E-state index is 13.6. The number of benzene rings is 3. The predicted octanol–water partition coefficient (Wildman–Crippen LogP) is 5.12. The maximum absolute atomic E-state index is 13.6. The SMILES string of the molecule is CN(C)CCN(C(=O)c1cccc(Oc2ccccc2)c1)c1nc2ccc(S(C)(=O)=O)cc2s1.Cl. The Morgan fingerprint density at radius 2 is 1.66 bits per heavy atom. The minimum Gasteiger partial charge on any atom is -0.457 e. The Balaban J connectivity index is 0.00000342. The van der Waals surface area contributed by atoms with E-state index in [4.69, 9.17) is 4.74 Å². The number of anilines is 1. The molecule has 0 radical (unpaired) electrons. The Labute approximate surface area is 215 Å². The minimum absolute atomic E-state index is 0. The molecule has 0 aliphatic heterocycles. The zero-order valence-corrected chi connectivity index (χ0v) is 22.0. The molecule has 0 saturated carbocycles. The molecule has 0 saturated heterocycles. The highest BCUT2D eigenvalue weighted by Gasteiger charge is 2.22. The molecule has 3 aromatic carbocycles. The zero-order valence-electron chi connectivity index (χ0n) is 19.5. The van der Waals surface area contributed by atoms with Crippen molar-refractivity contribution < 1.29 is 17.9 Å². The molecule has 0 bridgehead atoms. The standard InChI is InChI=1S/C25H25N3O4S2.ClH/c1-27(2)14-15-28(25-26-22-13-12-21(34(3,30)31)17-23(22)33-25)24(29)18-8-7-11-20(16-18)32-19-9-5-4-6-10-19;/h4-13,16-17H,14-15H2,1-3H3;1H. The summed E-state index contributed by atoms with van der Waals surface area (Å²) in [5.41, 5.74) is 1.12. The second kappa shape index (κ2) is 11.2. The summed E-state index contributed by atoms with van der Waals surface area (Å²) in [6.45, 7) is 1.06. The van der Waals surface area contributed by atoms with E-state index >= 15 is 0 Å². The second-order valence-corrected chi connectivity index (χ2v) is 11.1. The van der Waals surface area contributed by atoms with Crippen molar-refractivity contribution in [3.63, 3.8) is 0 Å². The van der Waals surface area contributed by atoms with Crippen LogP contribution in [0.25, 0.3) is 10.2 Å². The van der Waals surface area contributed by atoms with E-state index in [1.165, 1.54) is 23.7 Å². The maximum Gasteiger partial charge on any atom is 0.260 e. The molecule has 1 amide bonds. The number of fused-ring (bicyclic) bond motifs is 1. The largest absolute Gasteiger partial charge is 0.457 e. The molecule has 4 aromatic rings. The van der Waals surface area contributed by atoms with Crippen LogP contribution in [0.5, 0.6) is 11.5 Å². The van der Waals surface area contributed by atoms with E-state index in [-0.39, 0.29) is 23.2 Å². The van der Waals surface area contributed by atoms with Gasteiger partial charge in [-0.3, -0.25) is 9.69 Å². The fourth-order valence-electron chi connectivity index (χ4n) is 3.30. The van der Waals surface area contributed by atoms with Crippen LogP contribution < -0.4 is 9.64 Å². The van der Waals surface area contributed by atoms with Crippen LogP contribution in [0, 0.1) is 0 Å². The number of nitrogens with zero attached hydrogens (tertiary/aromatic N) is 3. The molecule has 4 rings (SSSR count). The number of likely N-dealkylation sites (N-methyl/N-ethyl adjacent to an activating group) is 1. The van der Waals surface area contributed by atoms with Crippen molar-refractivity contribution >= 4 is 54.8 Å². The van der Waals surface area contributed by atoms with E-state index in [1.807, 2.05) is 49.3 Å². The van der Waals surface area contributed by atoms with Gasteiger partial charge in [-0.1, -0.05) is 35.6 Å². The van der Waals surface area contributed by atoms with Crippen molar-refractivity contribution in [1.29, 1.82) is 0 Å². The van der Waals surface area contributed by atoms with Crippen LogP contribution >= 0.6 is 23.7 Å². The topological polar surface area (TPSA) is 79.8 Å². The normalized spacial score (nSPS) is 11.3. The number of hydrogen-bond donors (Lipinski definition) is 0. The lowest BCUT2D eigenvalue weighted by atomic mass is 10.2. The summed E-state index contributed by atoms with van der Waals surface area (Å²) >= 11 is 1.30. The molecule has 0 atom stereocenters. The number of ether oxygens (including phenoxy) is 1. The van der Waals surface area contributed by atoms with Crippen molar-refractivity contribution in [2.45, 2.75) is 4.90 Å². The molecule has 0 spiro atoms. The predicted molar refractivity (Wildman–Crippen MR) is 143 cm³/mol. The molecule has 10 heteroatoms. The lowest BCUT2D eigenvalue weighted by molar-refractivity contribution is 0.0985. The summed E-state index contributed by atoms with van der Waals surface area (Å²) in [4.78, 5) is 22.1. The molecule has 0 fully saturated rings. The fourth-order valence-corrected chi connectivity index (χ4v) is 5.05. The number of carbonyl (C=O) groups is 1. The Bertz CT molecular complexity index is 1420. The van der Waals surface area contributed by atoms with Gasteiger partial charge in [-0.25, -0.2) is 13.4 Å². The number of halogens is 1. The van der Waals surface area contributed by atoms with Crippen LogP contribution in [0.15, 0.2) is 77.7 Å². The van der Waals surface area contributed by atoms with Crippen molar-refractivity contribution in [2.24, 2.45) is 0 Å². The Hall–Kier alpha value is -2.98. The number of carbonyl (C=O) groups excluding carboxylic acids is 1. The summed E-state index contributed by atoms with van der Waals surface area (Å²) in [6.07, 6.45) is 1.17.